The predicted octanol–water partition coefficient (Wildman–Crippen LogP) is 2.59. The molecule has 25 heavy (non-hydrogen) atoms. The van der Waals surface area contributed by atoms with Gasteiger partial charge < -0.3 is 19.5 Å². The van der Waals surface area contributed by atoms with Gasteiger partial charge in [0.1, 0.15) is 5.82 Å². The summed E-state index contributed by atoms with van der Waals surface area (Å²) in [6, 6.07) is 10.5. The number of carbonyl (C=O) groups excluding carboxylic acids is 2. The molecule has 6 nitrogen and oxygen atoms in total. The SMILES string of the molecule is C[C@H](NC(=O)COC(=O)c1ccccc1F)c1ccc2c(c1)OCO2. The molecule has 0 aromatic heterocycles. The average Bonchev–Trinajstić information content (AvgIpc) is 3.07. The third-order valence-electron chi connectivity index (χ3n) is 3.70. The first-order chi connectivity index (χ1) is 12.0. The van der Waals surface area contributed by atoms with E-state index in [1.807, 2.05) is 6.07 Å². The summed E-state index contributed by atoms with van der Waals surface area (Å²) in [5.41, 5.74) is 0.608. The summed E-state index contributed by atoms with van der Waals surface area (Å²) in [4.78, 5) is 23.7. The number of halogens is 1. The first kappa shape index (κ1) is 16.8. The lowest BCUT2D eigenvalue weighted by atomic mass is 10.1. The summed E-state index contributed by atoms with van der Waals surface area (Å²) in [5, 5.41) is 2.70. The quantitative estimate of drug-likeness (QED) is 0.843. The Hall–Kier alpha value is -3.09. The van der Waals surface area contributed by atoms with Crippen molar-refractivity contribution in [1.29, 1.82) is 0 Å². The topological polar surface area (TPSA) is 73.9 Å². The summed E-state index contributed by atoms with van der Waals surface area (Å²) in [7, 11) is 0. The molecule has 1 amide bonds. The van der Waals surface area contributed by atoms with E-state index in [4.69, 9.17) is 14.2 Å². The zero-order chi connectivity index (χ0) is 17.8. The maximum Gasteiger partial charge on any atom is 0.341 e. The summed E-state index contributed by atoms with van der Waals surface area (Å²) in [5.74, 6) is -0.800. The molecule has 0 spiro atoms. The Bertz CT molecular complexity index is 808. The molecule has 3 rings (SSSR count). The number of nitrogens with one attached hydrogen (secondary N) is 1. The molecule has 0 saturated heterocycles. The van der Waals surface area contributed by atoms with E-state index < -0.39 is 24.3 Å². The lowest BCUT2D eigenvalue weighted by Crippen LogP contribution is -2.31. The van der Waals surface area contributed by atoms with Crippen molar-refractivity contribution in [2.45, 2.75) is 13.0 Å². The number of hydrogen-bond acceptors (Lipinski definition) is 5. The van der Waals surface area contributed by atoms with E-state index in [-0.39, 0.29) is 18.4 Å². The molecule has 0 unspecified atom stereocenters. The van der Waals surface area contributed by atoms with Crippen LogP contribution in [0.5, 0.6) is 11.5 Å². The highest BCUT2D eigenvalue weighted by Crippen LogP contribution is 2.34. The lowest BCUT2D eigenvalue weighted by molar-refractivity contribution is -0.124. The highest BCUT2D eigenvalue weighted by atomic mass is 19.1. The van der Waals surface area contributed by atoms with Crippen molar-refractivity contribution in [3.05, 3.63) is 59.4 Å². The van der Waals surface area contributed by atoms with E-state index in [1.165, 1.54) is 18.2 Å². The molecule has 2 aromatic carbocycles. The number of fused-ring (bicyclic) bond motifs is 1. The summed E-state index contributed by atoms with van der Waals surface area (Å²) in [6.45, 7) is 1.46. The standard InChI is InChI=1S/C18H16FNO5/c1-11(12-6-7-15-16(8-12)25-10-24-15)20-17(21)9-23-18(22)13-4-2-3-5-14(13)19/h2-8,11H,9-10H2,1H3,(H,20,21)/t11-/m0/s1. The molecule has 1 N–H and O–H groups in total. The number of rotatable bonds is 5. The van der Waals surface area contributed by atoms with Crippen LogP contribution >= 0.6 is 0 Å². The maximum absolute atomic E-state index is 13.5. The third-order valence-corrected chi connectivity index (χ3v) is 3.70. The van der Waals surface area contributed by atoms with Crippen LogP contribution in [0, 0.1) is 5.82 Å². The summed E-state index contributed by atoms with van der Waals surface area (Å²) >= 11 is 0. The zero-order valence-corrected chi connectivity index (χ0v) is 13.5. The Kier molecular flexibility index (Phi) is 4.83. The largest absolute Gasteiger partial charge is 0.454 e. The molecular formula is C18H16FNO5. The molecule has 1 aliphatic rings. The molecular weight excluding hydrogens is 329 g/mol. The van der Waals surface area contributed by atoms with Crippen molar-refractivity contribution in [2.24, 2.45) is 0 Å². The van der Waals surface area contributed by atoms with E-state index in [0.29, 0.717) is 11.5 Å². The highest BCUT2D eigenvalue weighted by molar-refractivity contribution is 5.91. The van der Waals surface area contributed by atoms with Crippen molar-refractivity contribution in [3.63, 3.8) is 0 Å². The molecule has 0 saturated carbocycles. The molecule has 0 aliphatic carbocycles. The first-order valence-electron chi connectivity index (χ1n) is 7.65. The smallest absolute Gasteiger partial charge is 0.341 e. The predicted molar refractivity (Wildman–Crippen MR) is 85.8 cm³/mol. The van der Waals surface area contributed by atoms with Gasteiger partial charge in [-0.05, 0) is 36.8 Å². The molecule has 130 valence electrons. The Balaban J connectivity index is 1.54. The van der Waals surface area contributed by atoms with Gasteiger partial charge in [0.05, 0.1) is 11.6 Å². The normalized spacial score (nSPS) is 13.2. The zero-order valence-electron chi connectivity index (χ0n) is 13.5. The van der Waals surface area contributed by atoms with Crippen LogP contribution < -0.4 is 14.8 Å². The Morgan fingerprint density at radius 3 is 2.76 bits per heavy atom. The van der Waals surface area contributed by atoms with Gasteiger partial charge >= 0.3 is 5.97 Å². The monoisotopic (exact) mass is 345 g/mol. The lowest BCUT2D eigenvalue weighted by Gasteiger charge is -2.15. The van der Waals surface area contributed by atoms with Gasteiger partial charge in [0.15, 0.2) is 18.1 Å². The van der Waals surface area contributed by atoms with Gasteiger partial charge in [0, 0.05) is 0 Å². The second-order valence-electron chi connectivity index (χ2n) is 5.46. The number of carbonyl (C=O) groups is 2. The molecule has 1 aliphatic heterocycles. The molecule has 1 atom stereocenters. The van der Waals surface area contributed by atoms with Crippen molar-refractivity contribution in [2.75, 3.05) is 13.4 Å². The summed E-state index contributed by atoms with van der Waals surface area (Å²) in [6.07, 6.45) is 0. The van der Waals surface area contributed by atoms with Gasteiger partial charge in [0.2, 0.25) is 6.79 Å². The van der Waals surface area contributed by atoms with Crippen LogP contribution in [0.1, 0.15) is 28.9 Å². The van der Waals surface area contributed by atoms with Crippen LogP contribution in [-0.2, 0) is 9.53 Å². The van der Waals surface area contributed by atoms with Crippen molar-refractivity contribution >= 4 is 11.9 Å². The van der Waals surface area contributed by atoms with E-state index in [2.05, 4.69) is 5.32 Å². The fourth-order valence-corrected chi connectivity index (χ4v) is 2.38. The van der Waals surface area contributed by atoms with Crippen LogP contribution in [0.15, 0.2) is 42.5 Å². The van der Waals surface area contributed by atoms with Gasteiger partial charge in [0.25, 0.3) is 5.91 Å². The van der Waals surface area contributed by atoms with E-state index in [1.54, 1.807) is 19.1 Å². The molecule has 0 radical (unpaired) electrons. The molecule has 2 aromatic rings. The maximum atomic E-state index is 13.5. The van der Waals surface area contributed by atoms with Crippen LogP contribution in [0.4, 0.5) is 4.39 Å². The minimum absolute atomic E-state index is 0.172. The van der Waals surface area contributed by atoms with E-state index in [0.717, 1.165) is 11.6 Å². The van der Waals surface area contributed by atoms with Gasteiger partial charge in [-0.1, -0.05) is 18.2 Å². The van der Waals surface area contributed by atoms with E-state index in [9.17, 15) is 14.0 Å². The number of esters is 1. The van der Waals surface area contributed by atoms with Crippen LogP contribution in [0.25, 0.3) is 0 Å². The number of amides is 1. The van der Waals surface area contributed by atoms with Crippen LogP contribution in [-0.4, -0.2) is 25.3 Å². The van der Waals surface area contributed by atoms with Gasteiger partial charge in [-0.3, -0.25) is 4.79 Å². The van der Waals surface area contributed by atoms with Crippen LogP contribution in [0.2, 0.25) is 0 Å². The second-order valence-corrected chi connectivity index (χ2v) is 5.46. The minimum Gasteiger partial charge on any atom is -0.454 e. The van der Waals surface area contributed by atoms with Crippen LogP contribution in [0.3, 0.4) is 0 Å². The van der Waals surface area contributed by atoms with Gasteiger partial charge in [-0.15, -0.1) is 0 Å². The fourth-order valence-electron chi connectivity index (χ4n) is 2.38. The number of hydrogen-bond donors (Lipinski definition) is 1. The van der Waals surface area contributed by atoms with Crippen molar-refractivity contribution < 1.29 is 28.2 Å². The third kappa shape index (κ3) is 3.88. The van der Waals surface area contributed by atoms with Gasteiger partial charge in [-0.2, -0.15) is 0 Å². The fraction of sp³-hybridized carbons (Fsp3) is 0.222. The molecule has 1 heterocycles. The highest BCUT2D eigenvalue weighted by Gasteiger charge is 2.18. The van der Waals surface area contributed by atoms with Crippen molar-refractivity contribution in [1.82, 2.24) is 5.32 Å². The first-order valence-corrected chi connectivity index (χ1v) is 7.65. The van der Waals surface area contributed by atoms with Crippen molar-refractivity contribution in [3.8, 4) is 11.5 Å². The van der Waals surface area contributed by atoms with Gasteiger partial charge in [-0.25, -0.2) is 9.18 Å². The summed E-state index contributed by atoms with van der Waals surface area (Å²) < 4.78 is 28.9. The number of ether oxygens (including phenoxy) is 3. The molecule has 0 bridgehead atoms. The molecule has 0 fully saturated rings. The van der Waals surface area contributed by atoms with E-state index >= 15 is 0 Å². The Labute approximate surface area is 143 Å². The Morgan fingerprint density at radius 2 is 1.96 bits per heavy atom. The average molecular weight is 345 g/mol. The Morgan fingerprint density at radius 1 is 1.20 bits per heavy atom. The number of benzene rings is 2. The second kappa shape index (κ2) is 7.21. The minimum atomic E-state index is -0.885. The molecule has 7 heteroatoms.